The zero-order valence-electron chi connectivity index (χ0n) is 22.3. The first-order chi connectivity index (χ1) is 20.0. The fourth-order valence-electron chi connectivity index (χ4n) is 4.66. The molecule has 3 amide bonds. The van der Waals surface area contributed by atoms with Crippen molar-refractivity contribution in [2.75, 3.05) is 6.54 Å². The summed E-state index contributed by atoms with van der Waals surface area (Å²) in [4.78, 5) is 39.8. The van der Waals surface area contributed by atoms with Crippen molar-refractivity contribution < 1.29 is 27.2 Å². The van der Waals surface area contributed by atoms with Gasteiger partial charge in [-0.3, -0.25) is 19.1 Å². The van der Waals surface area contributed by atoms with Gasteiger partial charge in [-0.15, -0.1) is 0 Å². The van der Waals surface area contributed by atoms with Crippen LogP contribution in [0.25, 0.3) is 10.9 Å². The molecule has 0 aliphatic heterocycles. The van der Waals surface area contributed by atoms with E-state index < -0.39 is 33.4 Å². The van der Waals surface area contributed by atoms with Gasteiger partial charge in [0.05, 0.1) is 27.7 Å². The van der Waals surface area contributed by atoms with Crippen LogP contribution in [-0.4, -0.2) is 53.4 Å². The number of hydrogen-bond donors (Lipinski definition) is 2. The molecule has 0 unspecified atom stereocenters. The molecule has 4 aromatic rings. The first kappa shape index (κ1) is 29.2. The van der Waals surface area contributed by atoms with E-state index in [4.69, 9.17) is 17.3 Å². The number of fused-ring (bicyclic) bond motifs is 1. The molecule has 13 heteroatoms. The lowest BCUT2D eigenvalue weighted by Gasteiger charge is -2.22. The average molecular weight is 612 g/mol. The molecule has 0 saturated heterocycles. The normalized spacial score (nSPS) is 13.2. The Morgan fingerprint density at radius 1 is 1.07 bits per heavy atom. The summed E-state index contributed by atoms with van der Waals surface area (Å²) in [5, 5.41) is 7.13. The number of sulfone groups is 1. The molecular weight excluding hydrogens is 585 g/mol. The summed E-state index contributed by atoms with van der Waals surface area (Å²) in [6.07, 6.45) is 1.46. The van der Waals surface area contributed by atoms with Crippen molar-refractivity contribution >= 4 is 50.1 Å². The van der Waals surface area contributed by atoms with E-state index in [0.29, 0.717) is 16.5 Å². The maximum absolute atomic E-state index is 14.2. The Kier molecular flexibility index (Phi) is 8.28. The van der Waals surface area contributed by atoms with Gasteiger partial charge < -0.3 is 16.0 Å². The van der Waals surface area contributed by atoms with Gasteiger partial charge in [0.15, 0.2) is 15.5 Å². The van der Waals surface area contributed by atoms with Crippen LogP contribution in [0.3, 0.4) is 0 Å². The van der Waals surface area contributed by atoms with E-state index in [9.17, 15) is 27.2 Å². The van der Waals surface area contributed by atoms with Gasteiger partial charge >= 0.3 is 0 Å². The highest BCUT2D eigenvalue weighted by atomic mass is 35.5. The summed E-state index contributed by atoms with van der Waals surface area (Å²) in [5.41, 5.74) is 6.52. The highest BCUT2D eigenvalue weighted by Crippen LogP contribution is 2.28. The van der Waals surface area contributed by atoms with E-state index in [1.807, 2.05) is 0 Å². The largest absolute Gasteiger partial charge is 0.364 e. The molecule has 0 atom stereocenters. The van der Waals surface area contributed by atoms with Crippen molar-refractivity contribution in [1.82, 2.24) is 20.0 Å². The highest BCUT2D eigenvalue weighted by Gasteiger charge is 2.34. The maximum Gasteiger partial charge on any atom is 0.269 e. The standard InChI is InChI=1S/C29H27ClFN5O5S/c30-23-8-4-5-19(27(23)31)14-33-25(37)15-35(20-10-11-20)26(38)16-36-24-12-9-18(13-22(24)28(34-36)29(32)39)17-42(40,41)21-6-2-1-3-7-21/h1-9,12-13,20H,10-11,14-17H2,(H2,32,39)(H,33,37). The number of nitrogens with zero attached hydrogens (tertiary/aromatic N) is 3. The number of rotatable bonds is 11. The van der Waals surface area contributed by atoms with Crippen molar-refractivity contribution in [1.29, 1.82) is 0 Å². The number of primary amides is 1. The minimum absolute atomic E-state index is 0.0525. The molecule has 1 heterocycles. The number of halogens is 2. The second-order valence-electron chi connectivity index (χ2n) is 10.0. The number of benzene rings is 3. The van der Waals surface area contributed by atoms with Crippen LogP contribution < -0.4 is 11.1 Å². The third kappa shape index (κ3) is 6.44. The van der Waals surface area contributed by atoms with Crippen molar-refractivity contribution in [2.45, 2.75) is 42.6 Å². The van der Waals surface area contributed by atoms with Crippen molar-refractivity contribution in [3.8, 4) is 0 Å². The molecule has 1 fully saturated rings. The van der Waals surface area contributed by atoms with Crippen molar-refractivity contribution in [3.63, 3.8) is 0 Å². The van der Waals surface area contributed by atoms with E-state index in [2.05, 4.69) is 10.4 Å². The molecule has 10 nitrogen and oxygen atoms in total. The Balaban J connectivity index is 1.32. The fourth-order valence-corrected chi connectivity index (χ4v) is 6.22. The second kappa shape index (κ2) is 11.9. The van der Waals surface area contributed by atoms with E-state index >= 15 is 0 Å². The minimum Gasteiger partial charge on any atom is -0.364 e. The second-order valence-corrected chi connectivity index (χ2v) is 12.4. The monoisotopic (exact) mass is 611 g/mol. The van der Waals surface area contributed by atoms with Crippen molar-refractivity contribution in [2.24, 2.45) is 5.73 Å². The summed E-state index contributed by atoms with van der Waals surface area (Å²) >= 11 is 5.80. The molecule has 3 aromatic carbocycles. The van der Waals surface area contributed by atoms with Crippen LogP contribution in [0.1, 0.15) is 34.5 Å². The Bertz CT molecular complexity index is 1790. The Labute approximate surface area is 246 Å². The molecule has 3 N–H and O–H groups in total. The lowest BCUT2D eigenvalue weighted by molar-refractivity contribution is -0.137. The van der Waals surface area contributed by atoms with Gasteiger partial charge in [0.2, 0.25) is 11.8 Å². The highest BCUT2D eigenvalue weighted by molar-refractivity contribution is 7.90. The molecule has 42 heavy (non-hydrogen) atoms. The smallest absolute Gasteiger partial charge is 0.269 e. The summed E-state index contributed by atoms with van der Waals surface area (Å²) in [6.45, 7) is -0.612. The molecule has 1 aliphatic carbocycles. The molecule has 5 rings (SSSR count). The maximum atomic E-state index is 14.2. The number of aromatic nitrogens is 2. The molecule has 0 spiro atoms. The molecule has 0 radical (unpaired) electrons. The van der Waals surface area contributed by atoms with Crippen LogP contribution in [0.4, 0.5) is 4.39 Å². The number of nitrogens with one attached hydrogen (secondary N) is 1. The SMILES string of the molecule is NC(=O)c1nn(CC(=O)N(CC(=O)NCc2cccc(Cl)c2F)C2CC2)c2ccc(CS(=O)(=O)c3ccccc3)cc12. The van der Waals surface area contributed by atoms with Gasteiger partial charge in [0.25, 0.3) is 5.91 Å². The summed E-state index contributed by atoms with van der Waals surface area (Å²) in [6, 6.07) is 17.1. The van der Waals surface area contributed by atoms with Crippen molar-refractivity contribution in [3.05, 3.63) is 94.4 Å². The van der Waals surface area contributed by atoms with Gasteiger partial charge in [-0.25, -0.2) is 12.8 Å². The Morgan fingerprint density at radius 2 is 1.81 bits per heavy atom. The summed E-state index contributed by atoms with van der Waals surface area (Å²) < 4.78 is 41.3. The van der Waals surface area contributed by atoms with Gasteiger partial charge in [-0.1, -0.05) is 48.0 Å². The predicted molar refractivity (Wildman–Crippen MR) is 154 cm³/mol. The minimum atomic E-state index is -3.65. The van der Waals surface area contributed by atoms with Crippen LogP contribution in [-0.2, 0) is 38.3 Å². The zero-order valence-corrected chi connectivity index (χ0v) is 23.9. The molecule has 218 valence electrons. The quantitative estimate of drug-likeness (QED) is 0.266. The predicted octanol–water partition coefficient (Wildman–Crippen LogP) is 3.21. The number of carbonyl (C=O) groups excluding carboxylic acids is 3. The zero-order chi connectivity index (χ0) is 30.0. The number of amides is 3. The van der Waals surface area contributed by atoms with Crippen LogP contribution in [0, 0.1) is 5.82 Å². The van der Waals surface area contributed by atoms with E-state index in [0.717, 1.165) is 12.8 Å². The van der Waals surface area contributed by atoms with Gasteiger partial charge in [0, 0.05) is 23.5 Å². The van der Waals surface area contributed by atoms with E-state index in [-0.39, 0.29) is 52.6 Å². The fraction of sp³-hybridized carbons (Fsp3) is 0.241. The van der Waals surface area contributed by atoms with E-state index in [1.165, 1.54) is 39.9 Å². The third-order valence-corrected chi connectivity index (χ3v) is 8.92. The van der Waals surface area contributed by atoms with E-state index in [1.54, 1.807) is 36.4 Å². The van der Waals surface area contributed by atoms with Crippen LogP contribution in [0.5, 0.6) is 0 Å². The lowest BCUT2D eigenvalue weighted by atomic mass is 10.1. The summed E-state index contributed by atoms with van der Waals surface area (Å²) in [7, 11) is -3.65. The number of nitrogens with two attached hydrogens (primary N) is 1. The topological polar surface area (TPSA) is 144 Å². The molecule has 1 saturated carbocycles. The first-order valence-electron chi connectivity index (χ1n) is 13.1. The number of carbonyl (C=O) groups is 3. The van der Waals surface area contributed by atoms with Crippen LogP contribution in [0.15, 0.2) is 71.6 Å². The first-order valence-corrected chi connectivity index (χ1v) is 15.1. The molecule has 1 aliphatic rings. The van der Waals surface area contributed by atoms with Gasteiger partial charge in [-0.2, -0.15) is 5.10 Å². The molecule has 1 aromatic heterocycles. The lowest BCUT2D eigenvalue weighted by Crippen LogP contribution is -2.43. The number of hydrogen-bond acceptors (Lipinski definition) is 6. The van der Waals surface area contributed by atoms with Gasteiger partial charge in [0.1, 0.15) is 12.4 Å². The third-order valence-electron chi connectivity index (χ3n) is 6.92. The summed E-state index contributed by atoms with van der Waals surface area (Å²) in [5.74, 6) is -2.63. The Hall–Kier alpha value is -4.29. The average Bonchev–Trinajstić information content (AvgIpc) is 3.74. The van der Waals surface area contributed by atoms with Crippen LogP contribution >= 0.6 is 11.6 Å². The Morgan fingerprint density at radius 3 is 2.50 bits per heavy atom. The molecular formula is C29H27ClFN5O5S. The molecule has 0 bridgehead atoms. The van der Waals surface area contributed by atoms with Crippen LogP contribution in [0.2, 0.25) is 5.02 Å². The van der Waals surface area contributed by atoms with Gasteiger partial charge in [-0.05, 0) is 48.7 Å².